The molecule has 0 atom stereocenters. The summed E-state index contributed by atoms with van der Waals surface area (Å²) in [5, 5.41) is 0. The molecule has 0 heterocycles. The Morgan fingerprint density at radius 3 is 1.89 bits per heavy atom. The standard InChI is InChI=1S/C19H22N2O6/c1-4-26-14-5-7-15(8-6-14)27-12-18(22)20-21-19(23)13-9-16(24-2)11-17(10-13)25-3/h5-11H,4,12H2,1-3H3,(H,20,22)(H,21,23). The number of rotatable bonds is 8. The zero-order chi connectivity index (χ0) is 19.6. The molecule has 0 saturated heterocycles. The lowest BCUT2D eigenvalue weighted by Crippen LogP contribution is -2.43. The van der Waals surface area contributed by atoms with E-state index >= 15 is 0 Å². The highest BCUT2D eigenvalue weighted by molar-refractivity contribution is 5.96. The zero-order valence-corrected chi connectivity index (χ0v) is 15.4. The van der Waals surface area contributed by atoms with Crippen LogP contribution in [0.15, 0.2) is 42.5 Å². The minimum Gasteiger partial charge on any atom is -0.497 e. The Kier molecular flexibility index (Phi) is 7.30. The molecule has 8 heteroatoms. The maximum absolute atomic E-state index is 12.2. The molecule has 0 aliphatic rings. The minimum atomic E-state index is -0.512. The van der Waals surface area contributed by atoms with Crippen molar-refractivity contribution in [3.05, 3.63) is 48.0 Å². The monoisotopic (exact) mass is 374 g/mol. The summed E-state index contributed by atoms with van der Waals surface area (Å²) in [7, 11) is 2.97. The smallest absolute Gasteiger partial charge is 0.276 e. The topological polar surface area (TPSA) is 95.1 Å². The van der Waals surface area contributed by atoms with E-state index in [0.29, 0.717) is 23.9 Å². The van der Waals surface area contributed by atoms with Crippen LogP contribution in [-0.4, -0.2) is 39.2 Å². The second-order valence-electron chi connectivity index (χ2n) is 5.30. The molecule has 2 N–H and O–H groups in total. The normalized spacial score (nSPS) is 9.89. The lowest BCUT2D eigenvalue weighted by molar-refractivity contribution is -0.123. The Morgan fingerprint density at radius 2 is 1.37 bits per heavy atom. The lowest BCUT2D eigenvalue weighted by atomic mass is 10.2. The van der Waals surface area contributed by atoms with Crippen molar-refractivity contribution in [2.45, 2.75) is 6.92 Å². The second-order valence-corrected chi connectivity index (χ2v) is 5.30. The van der Waals surface area contributed by atoms with E-state index in [1.807, 2.05) is 6.92 Å². The fourth-order valence-electron chi connectivity index (χ4n) is 2.12. The Morgan fingerprint density at radius 1 is 0.815 bits per heavy atom. The van der Waals surface area contributed by atoms with Crippen molar-refractivity contribution in [3.8, 4) is 23.0 Å². The minimum absolute atomic E-state index is 0.254. The van der Waals surface area contributed by atoms with Crippen LogP contribution in [0.2, 0.25) is 0 Å². The van der Waals surface area contributed by atoms with Gasteiger partial charge in [-0.05, 0) is 43.3 Å². The SMILES string of the molecule is CCOc1ccc(OCC(=O)NNC(=O)c2cc(OC)cc(OC)c2)cc1. The molecule has 2 aromatic rings. The number of benzene rings is 2. The average molecular weight is 374 g/mol. The summed E-state index contributed by atoms with van der Waals surface area (Å²) >= 11 is 0. The number of amides is 2. The summed E-state index contributed by atoms with van der Waals surface area (Å²) in [5.74, 6) is 1.13. The maximum atomic E-state index is 12.2. The van der Waals surface area contributed by atoms with Crippen LogP contribution in [0.5, 0.6) is 23.0 Å². The average Bonchev–Trinajstić information content (AvgIpc) is 2.71. The molecule has 8 nitrogen and oxygen atoms in total. The predicted molar refractivity (Wildman–Crippen MR) is 98.3 cm³/mol. The molecular weight excluding hydrogens is 352 g/mol. The first-order valence-electron chi connectivity index (χ1n) is 8.23. The third kappa shape index (κ3) is 6.10. The Labute approximate surface area is 157 Å². The molecule has 0 unspecified atom stereocenters. The molecule has 2 rings (SSSR count). The number of hydrogen-bond acceptors (Lipinski definition) is 6. The van der Waals surface area contributed by atoms with Gasteiger partial charge in [-0.3, -0.25) is 20.4 Å². The molecule has 0 radical (unpaired) electrons. The molecule has 0 aliphatic carbocycles. The number of hydrazine groups is 1. The van der Waals surface area contributed by atoms with Gasteiger partial charge >= 0.3 is 0 Å². The fourth-order valence-corrected chi connectivity index (χ4v) is 2.12. The van der Waals surface area contributed by atoms with Gasteiger partial charge in [-0.2, -0.15) is 0 Å². The first-order chi connectivity index (χ1) is 13.0. The van der Waals surface area contributed by atoms with E-state index in [4.69, 9.17) is 18.9 Å². The molecule has 2 aromatic carbocycles. The second kappa shape index (κ2) is 9.91. The van der Waals surface area contributed by atoms with E-state index in [0.717, 1.165) is 5.75 Å². The molecule has 0 saturated carbocycles. The highest BCUT2D eigenvalue weighted by Gasteiger charge is 2.11. The summed E-state index contributed by atoms with van der Waals surface area (Å²) in [4.78, 5) is 24.0. The van der Waals surface area contributed by atoms with Gasteiger partial charge in [0.25, 0.3) is 11.8 Å². The van der Waals surface area contributed by atoms with Crippen molar-refractivity contribution in [2.75, 3.05) is 27.4 Å². The maximum Gasteiger partial charge on any atom is 0.276 e. The van der Waals surface area contributed by atoms with Gasteiger partial charge < -0.3 is 18.9 Å². The van der Waals surface area contributed by atoms with Gasteiger partial charge in [0.1, 0.15) is 23.0 Å². The molecule has 0 spiro atoms. The highest BCUT2D eigenvalue weighted by atomic mass is 16.5. The van der Waals surface area contributed by atoms with Crippen molar-refractivity contribution < 1.29 is 28.5 Å². The Hall–Kier alpha value is -3.42. The van der Waals surface area contributed by atoms with Gasteiger partial charge in [0.05, 0.1) is 20.8 Å². The molecule has 0 aliphatic heterocycles. The van der Waals surface area contributed by atoms with E-state index in [1.165, 1.54) is 26.4 Å². The van der Waals surface area contributed by atoms with Crippen LogP contribution in [-0.2, 0) is 4.79 Å². The number of hydrogen-bond donors (Lipinski definition) is 2. The van der Waals surface area contributed by atoms with Gasteiger partial charge in [-0.25, -0.2) is 0 Å². The number of carbonyl (C=O) groups excluding carboxylic acids is 2. The van der Waals surface area contributed by atoms with E-state index in [9.17, 15) is 9.59 Å². The van der Waals surface area contributed by atoms with Crippen LogP contribution < -0.4 is 29.8 Å². The first-order valence-corrected chi connectivity index (χ1v) is 8.23. The lowest BCUT2D eigenvalue weighted by Gasteiger charge is -2.11. The van der Waals surface area contributed by atoms with E-state index < -0.39 is 11.8 Å². The van der Waals surface area contributed by atoms with Gasteiger partial charge in [-0.15, -0.1) is 0 Å². The van der Waals surface area contributed by atoms with Crippen LogP contribution in [0.25, 0.3) is 0 Å². The molecule has 0 fully saturated rings. The largest absolute Gasteiger partial charge is 0.497 e. The molecule has 144 valence electrons. The van der Waals surface area contributed by atoms with Crippen molar-refractivity contribution >= 4 is 11.8 Å². The number of ether oxygens (including phenoxy) is 4. The van der Waals surface area contributed by atoms with Crippen LogP contribution in [0.3, 0.4) is 0 Å². The van der Waals surface area contributed by atoms with E-state index in [2.05, 4.69) is 10.9 Å². The first kappa shape index (κ1) is 19.9. The summed E-state index contributed by atoms with van der Waals surface area (Å²) in [6.07, 6.45) is 0. The van der Waals surface area contributed by atoms with E-state index in [-0.39, 0.29) is 12.2 Å². The molecule has 0 bridgehead atoms. The van der Waals surface area contributed by atoms with Crippen molar-refractivity contribution in [1.82, 2.24) is 10.9 Å². The van der Waals surface area contributed by atoms with E-state index in [1.54, 1.807) is 30.3 Å². The van der Waals surface area contributed by atoms with Crippen LogP contribution in [0.4, 0.5) is 0 Å². The van der Waals surface area contributed by atoms with Gasteiger partial charge in [0.2, 0.25) is 0 Å². The molecular formula is C19H22N2O6. The quantitative estimate of drug-likeness (QED) is 0.686. The number of methoxy groups -OCH3 is 2. The Bertz CT molecular complexity index is 754. The third-order valence-electron chi connectivity index (χ3n) is 3.43. The predicted octanol–water partition coefficient (Wildman–Crippen LogP) is 1.94. The molecule has 27 heavy (non-hydrogen) atoms. The van der Waals surface area contributed by atoms with Gasteiger partial charge in [0, 0.05) is 11.6 Å². The van der Waals surface area contributed by atoms with Crippen LogP contribution in [0.1, 0.15) is 17.3 Å². The van der Waals surface area contributed by atoms with Crippen LogP contribution in [0, 0.1) is 0 Å². The summed E-state index contributed by atoms with van der Waals surface area (Å²) in [5.41, 5.74) is 4.88. The summed E-state index contributed by atoms with van der Waals surface area (Å²) in [6, 6.07) is 11.6. The van der Waals surface area contributed by atoms with Gasteiger partial charge in [0.15, 0.2) is 6.61 Å². The van der Waals surface area contributed by atoms with Crippen LogP contribution >= 0.6 is 0 Å². The number of carbonyl (C=O) groups is 2. The fraction of sp³-hybridized carbons (Fsp3) is 0.263. The van der Waals surface area contributed by atoms with Crippen molar-refractivity contribution in [1.29, 1.82) is 0 Å². The molecule has 2 amide bonds. The highest BCUT2D eigenvalue weighted by Crippen LogP contribution is 2.22. The zero-order valence-electron chi connectivity index (χ0n) is 15.4. The third-order valence-corrected chi connectivity index (χ3v) is 3.43. The summed E-state index contributed by atoms with van der Waals surface area (Å²) in [6.45, 7) is 2.21. The van der Waals surface area contributed by atoms with Crippen molar-refractivity contribution in [2.24, 2.45) is 0 Å². The summed E-state index contributed by atoms with van der Waals surface area (Å²) < 4.78 is 20.9. The van der Waals surface area contributed by atoms with Gasteiger partial charge in [-0.1, -0.05) is 0 Å². The van der Waals surface area contributed by atoms with Crippen molar-refractivity contribution in [3.63, 3.8) is 0 Å². The molecule has 0 aromatic heterocycles. The number of nitrogens with one attached hydrogen (secondary N) is 2. The Balaban J connectivity index is 1.83.